The topological polar surface area (TPSA) is 79.7 Å². The summed E-state index contributed by atoms with van der Waals surface area (Å²) in [5, 5.41) is 7.95. The third-order valence-corrected chi connectivity index (χ3v) is 4.95. The van der Waals surface area contributed by atoms with Crippen LogP contribution >= 0.6 is 0 Å². The number of benzene rings is 1. The van der Waals surface area contributed by atoms with Crippen LogP contribution in [-0.2, 0) is 13.6 Å². The standard InChI is InChI=1S/C18H22N6O/c1-12-19-17(22-21-12)15-9-5-6-10-24(15)11-16-20-14-8-4-3-7-13(14)18(25)23(16)2/h3-4,7-8,15H,5-6,9-11H2,1-2H3,(H,19,21,22)/t15-/m0/s1. The van der Waals surface area contributed by atoms with E-state index in [1.54, 1.807) is 11.6 Å². The summed E-state index contributed by atoms with van der Waals surface area (Å²) in [6.45, 7) is 3.49. The van der Waals surface area contributed by atoms with Gasteiger partial charge in [-0.3, -0.25) is 19.4 Å². The van der Waals surface area contributed by atoms with Gasteiger partial charge in [0, 0.05) is 7.05 Å². The van der Waals surface area contributed by atoms with Gasteiger partial charge < -0.3 is 0 Å². The quantitative estimate of drug-likeness (QED) is 0.791. The normalized spacial score (nSPS) is 18.7. The Balaban J connectivity index is 1.69. The number of hydrogen-bond acceptors (Lipinski definition) is 5. The van der Waals surface area contributed by atoms with E-state index in [1.165, 1.54) is 6.42 Å². The number of aromatic amines is 1. The van der Waals surface area contributed by atoms with Crippen LogP contribution in [0.5, 0.6) is 0 Å². The molecule has 0 bridgehead atoms. The molecule has 0 unspecified atom stereocenters. The van der Waals surface area contributed by atoms with E-state index in [1.807, 2.05) is 31.2 Å². The zero-order chi connectivity index (χ0) is 17.4. The van der Waals surface area contributed by atoms with Gasteiger partial charge >= 0.3 is 0 Å². The van der Waals surface area contributed by atoms with Crippen LogP contribution in [0.2, 0.25) is 0 Å². The molecule has 0 saturated carbocycles. The van der Waals surface area contributed by atoms with E-state index in [9.17, 15) is 4.79 Å². The van der Waals surface area contributed by atoms with Crippen LogP contribution in [0.25, 0.3) is 10.9 Å². The van der Waals surface area contributed by atoms with Crippen molar-refractivity contribution < 1.29 is 0 Å². The second-order valence-corrected chi connectivity index (χ2v) is 6.67. The molecule has 25 heavy (non-hydrogen) atoms. The molecule has 1 aromatic carbocycles. The minimum atomic E-state index is 0.00268. The van der Waals surface area contributed by atoms with Crippen LogP contribution in [0.1, 0.15) is 42.8 Å². The first-order valence-electron chi connectivity index (χ1n) is 8.71. The van der Waals surface area contributed by atoms with Crippen molar-refractivity contribution >= 4 is 10.9 Å². The molecule has 1 fully saturated rings. The Labute approximate surface area is 145 Å². The highest BCUT2D eigenvalue weighted by molar-refractivity contribution is 5.77. The van der Waals surface area contributed by atoms with Crippen LogP contribution in [0, 0.1) is 6.92 Å². The van der Waals surface area contributed by atoms with Gasteiger partial charge in [0.15, 0.2) is 5.82 Å². The SMILES string of the molecule is Cc1nc([C@@H]2CCCCN2Cc2nc3ccccc3c(=O)n2C)n[nH]1. The van der Waals surface area contributed by atoms with E-state index in [0.717, 1.165) is 42.4 Å². The molecule has 2 aromatic heterocycles. The van der Waals surface area contributed by atoms with Gasteiger partial charge in [-0.1, -0.05) is 18.6 Å². The maximum Gasteiger partial charge on any atom is 0.261 e. The van der Waals surface area contributed by atoms with E-state index in [4.69, 9.17) is 4.98 Å². The predicted molar refractivity (Wildman–Crippen MR) is 95.1 cm³/mol. The van der Waals surface area contributed by atoms with Gasteiger partial charge in [0.05, 0.1) is 23.5 Å². The Morgan fingerprint density at radius 3 is 2.88 bits per heavy atom. The summed E-state index contributed by atoms with van der Waals surface area (Å²) in [6, 6.07) is 7.68. The smallest absolute Gasteiger partial charge is 0.261 e. The van der Waals surface area contributed by atoms with Crippen LogP contribution in [0.15, 0.2) is 29.1 Å². The first kappa shape index (κ1) is 16.0. The molecule has 0 spiro atoms. The highest BCUT2D eigenvalue weighted by atomic mass is 16.1. The van der Waals surface area contributed by atoms with Crippen molar-refractivity contribution in [3.05, 3.63) is 52.1 Å². The zero-order valence-corrected chi connectivity index (χ0v) is 14.6. The third-order valence-electron chi connectivity index (χ3n) is 4.95. The molecule has 3 heterocycles. The number of piperidine rings is 1. The average molecular weight is 338 g/mol. The van der Waals surface area contributed by atoms with E-state index in [0.29, 0.717) is 11.9 Å². The van der Waals surface area contributed by atoms with Gasteiger partial charge in [0.2, 0.25) is 0 Å². The summed E-state index contributed by atoms with van der Waals surface area (Å²) in [5.41, 5.74) is 0.755. The summed E-state index contributed by atoms with van der Waals surface area (Å²) >= 11 is 0. The highest BCUT2D eigenvalue weighted by Gasteiger charge is 2.28. The van der Waals surface area contributed by atoms with Crippen LogP contribution in [-0.4, -0.2) is 36.2 Å². The molecular weight excluding hydrogens is 316 g/mol. The minimum Gasteiger partial charge on any atom is -0.298 e. The lowest BCUT2D eigenvalue weighted by molar-refractivity contribution is 0.129. The Morgan fingerprint density at radius 1 is 1.24 bits per heavy atom. The van der Waals surface area contributed by atoms with Gasteiger partial charge in [-0.15, -0.1) is 0 Å². The van der Waals surface area contributed by atoms with Crippen LogP contribution in [0.4, 0.5) is 0 Å². The molecule has 130 valence electrons. The monoisotopic (exact) mass is 338 g/mol. The number of rotatable bonds is 3. The number of nitrogens with one attached hydrogen (secondary N) is 1. The molecule has 1 atom stereocenters. The lowest BCUT2D eigenvalue weighted by Gasteiger charge is -2.33. The van der Waals surface area contributed by atoms with Crippen LogP contribution in [0.3, 0.4) is 0 Å². The molecule has 0 amide bonds. The highest BCUT2D eigenvalue weighted by Crippen LogP contribution is 2.29. The number of likely N-dealkylation sites (tertiary alicyclic amines) is 1. The van der Waals surface area contributed by atoms with E-state index < -0.39 is 0 Å². The van der Waals surface area contributed by atoms with Crippen molar-refractivity contribution in [1.82, 2.24) is 29.6 Å². The van der Waals surface area contributed by atoms with Gasteiger partial charge in [0.25, 0.3) is 5.56 Å². The second-order valence-electron chi connectivity index (χ2n) is 6.67. The largest absolute Gasteiger partial charge is 0.298 e. The average Bonchev–Trinajstić information content (AvgIpc) is 3.06. The maximum atomic E-state index is 12.6. The van der Waals surface area contributed by atoms with Crippen molar-refractivity contribution in [1.29, 1.82) is 0 Å². The van der Waals surface area contributed by atoms with E-state index in [-0.39, 0.29) is 11.6 Å². The van der Waals surface area contributed by atoms with Gasteiger partial charge in [-0.05, 0) is 38.4 Å². The lowest BCUT2D eigenvalue weighted by atomic mass is 10.0. The van der Waals surface area contributed by atoms with Gasteiger partial charge in [-0.25, -0.2) is 9.97 Å². The summed E-state index contributed by atoms with van der Waals surface area (Å²) < 4.78 is 1.66. The Morgan fingerprint density at radius 2 is 2.08 bits per heavy atom. The first-order valence-corrected chi connectivity index (χ1v) is 8.71. The molecule has 4 rings (SSSR count). The van der Waals surface area contributed by atoms with Crippen molar-refractivity contribution in [2.24, 2.45) is 7.05 Å². The lowest BCUT2D eigenvalue weighted by Crippen LogP contribution is -2.36. The number of hydrogen-bond donors (Lipinski definition) is 1. The number of H-pyrrole nitrogens is 1. The fraction of sp³-hybridized carbons (Fsp3) is 0.444. The third kappa shape index (κ3) is 2.95. The summed E-state index contributed by atoms with van der Waals surface area (Å²) in [6.07, 6.45) is 3.33. The molecule has 1 saturated heterocycles. The fourth-order valence-electron chi connectivity index (χ4n) is 3.57. The number of aryl methyl sites for hydroxylation is 1. The van der Waals surface area contributed by atoms with Crippen molar-refractivity contribution in [3.8, 4) is 0 Å². The van der Waals surface area contributed by atoms with Crippen molar-refractivity contribution in [3.63, 3.8) is 0 Å². The number of para-hydroxylation sites is 1. The molecule has 7 heteroatoms. The van der Waals surface area contributed by atoms with E-state index >= 15 is 0 Å². The maximum absolute atomic E-state index is 12.6. The van der Waals surface area contributed by atoms with Crippen molar-refractivity contribution in [2.45, 2.75) is 38.8 Å². The fourth-order valence-corrected chi connectivity index (χ4v) is 3.57. The molecule has 3 aromatic rings. The molecule has 0 aliphatic carbocycles. The van der Waals surface area contributed by atoms with Crippen molar-refractivity contribution in [2.75, 3.05) is 6.54 Å². The molecular formula is C18H22N6O. The molecule has 0 radical (unpaired) electrons. The predicted octanol–water partition coefficient (Wildman–Crippen LogP) is 2.09. The molecule has 1 aliphatic heterocycles. The summed E-state index contributed by atoms with van der Waals surface area (Å²) in [5.74, 6) is 2.45. The minimum absolute atomic E-state index is 0.00268. The van der Waals surface area contributed by atoms with Gasteiger partial charge in [-0.2, -0.15) is 5.10 Å². The zero-order valence-electron chi connectivity index (χ0n) is 14.6. The Hall–Kier alpha value is -2.54. The molecule has 7 nitrogen and oxygen atoms in total. The number of nitrogens with zero attached hydrogens (tertiary/aromatic N) is 5. The second kappa shape index (κ2) is 6.40. The Bertz CT molecular complexity index is 960. The van der Waals surface area contributed by atoms with E-state index in [2.05, 4.69) is 20.1 Å². The summed E-state index contributed by atoms with van der Waals surface area (Å²) in [4.78, 5) is 24.2. The molecule has 1 aliphatic rings. The number of fused-ring (bicyclic) bond motifs is 1. The first-order chi connectivity index (χ1) is 12.1. The summed E-state index contributed by atoms with van der Waals surface area (Å²) in [7, 11) is 1.80. The molecule has 1 N–H and O–H groups in total. The van der Waals surface area contributed by atoms with Gasteiger partial charge in [0.1, 0.15) is 11.6 Å². The number of aromatic nitrogens is 5. The Kier molecular flexibility index (Phi) is 4.09. The van der Waals surface area contributed by atoms with Crippen LogP contribution < -0.4 is 5.56 Å².